The Balaban J connectivity index is 2.25. The van der Waals surface area contributed by atoms with Crippen LogP contribution in [0.4, 0.5) is 10.1 Å². The smallest absolute Gasteiger partial charge is 0.125 e. The second-order valence-corrected chi connectivity index (χ2v) is 5.22. The van der Waals surface area contributed by atoms with E-state index in [1.54, 1.807) is 12.1 Å². The third-order valence-corrected chi connectivity index (χ3v) is 3.11. The molecule has 0 spiro atoms. The fourth-order valence-corrected chi connectivity index (χ4v) is 2.17. The molecule has 0 radical (unpaired) electrons. The third kappa shape index (κ3) is 2.35. The molecule has 1 aliphatic heterocycles. The molecule has 88 valence electrons. The van der Waals surface area contributed by atoms with Gasteiger partial charge < -0.3 is 10.2 Å². The number of nitrogens with zero attached hydrogens (tertiary/aromatic N) is 1. The van der Waals surface area contributed by atoms with Crippen molar-refractivity contribution >= 4 is 5.69 Å². The van der Waals surface area contributed by atoms with Crippen LogP contribution in [0.3, 0.4) is 0 Å². The first-order valence-corrected chi connectivity index (χ1v) is 5.75. The minimum Gasteiger partial charge on any atom is -0.366 e. The standard InChI is InChI=1S/C13H19FN2/c1-10-8-15-13(2,3)9-16(10)12-6-4-5-11(14)7-12/h4-7,10,15H,8-9H2,1-3H3. The summed E-state index contributed by atoms with van der Waals surface area (Å²) in [7, 11) is 0. The van der Waals surface area contributed by atoms with Crippen LogP contribution >= 0.6 is 0 Å². The molecule has 1 saturated heterocycles. The van der Waals surface area contributed by atoms with Gasteiger partial charge in [-0.2, -0.15) is 0 Å². The van der Waals surface area contributed by atoms with E-state index in [-0.39, 0.29) is 11.4 Å². The predicted molar refractivity (Wildman–Crippen MR) is 65.3 cm³/mol. The lowest BCUT2D eigenvalue weighted by molar-refractivity contribution is 0.318. The molecule has 0 aromatic heterocycles. The van der Waals surface area contributed by atoms with Crippen molar-refractivity contribution in [3.63, 3.8) is 0 Å². The van der Waals surface area contributed by atoms with Crippen molar-refractivity contribution < 1.29 is 4.39 Å². The van der Waals surface area contributed by atoms with E-state index >= 15 is 0 Å². The van der Waals surface area contributed by atoms with Crippen molar-refractivity contribution in [2.75, 3.05) is 18.0 Å². The van der Waals surface area contributed by atoms with Crippen molar-refractivity contribution in [3.8, 4) is 0 Å². The highest BCUT2D eigenvalue weighted by Crippen LogP contribution is 2.23. The average molecular weight is 222 g/mol. The monoisotopic (exact) mass is 222 g/mol. The molecule has 3 heteroatoms. The molecule has 1 aromatic rings. The van der Waals surface area contributed by atoms with Crippen molar-refractivity contribution in [2.24, 2.45) is 0 Å². The molecule has 1 heterocycles. The zero-order valence-corrected chi connectivity index (χ0v) is 10.1. The van der Waals surface area contributed by atoms with Gasteiger partial charge in [-0.1, -0.05) is 6.07 Å². The number of hydrogen-bond donors (Lipinski definition) is 1. The highest BCUT2D eigenvalue weighted by atomic mass is 19.1. The zero-order chi connectivity index (χ0) is 11.8. The van der Waals surface area contributed by atoms with Crippen molar-refractivity contribution in [1.29, 1.82) is 0 Å². The Labute approximate surface area is 96.5 Å². The Bertz CT molecular complexity index is 376. The van der Waals surface area contributed by atoms with Gasteiger partial charge in [0, 0.05) is 30.4 Å². The Hall–Kier alpha value is -1.09. The fraction of sp³-hybridized carbons (Fsp3) is 0.538. The van der Waals surface area contributed by atoms with Crippen LogP contribution in [0.2, 0.25) is 0 Å². The molecule has 0 aliphatic carbocycles. The summed E-state index contributed by atoms with van der Waals surface area (Å²) in [5, 5.41) is 3.49. The summed E-state index contributed by atoms with van der Waals surface area (Å²) in [5.74, 6) is -0.166. The SMILES string of the molecule is CC1CNC(C)(C)CN1c1cccc(F)c1. The third-order valence-electron chi connectivity index (χ3n) is 3.11. The summed E-state index contributed by atoms with van der Waals surface area (Å²) in [4.78, 5) is 2.26. The van der Waals surface area contributed by atoms with E-state index in [0.717, 1.165) is 18.8 Å². The predicted octanol–water partition coefficient (Wildman–Crippen LogP) is 2.40. The maximum atomic E-state index is 13.2. The molecule has 0 saturated carbocycles. The quantitative estimate of drug-likeness (QED) is 0.785. The van der Waals surface area contributed by atoms with Gasteiger partial charge in [0.25, 0.3) is 0 Å². The number of rotatable bonds is 1. The van der Waals surface area contributed by atoms with Gasteiger partial charge >= 0.3 is 0 Å². The molecule has 1 aliphatic rings. The summed E-state index contributed by atoms with van der Waals surface area (Å²) < 4.78 is 13.2. The molecule has 1 fully saturated rings. The van der Waals surface area contributed by atoms with Crippen molar-refractivity contribution in [3.05, 3.63) is 30.1 Å². The molecular weight excluding hydrogens is 203 g/mol. The van der Waals surface area contributed by atoms with Gasteiger partial charge in [0.1, 0.15) is 5.82 Å². The molecule has 0 bridgehead atoms. The zero-order valence-electron chi connectivity index (χ0n) is 10.1. The van der Waals surface area contributed by atoms with Crippen LogP contribution in [-0.4, -0.2) is 24.7 Å². The molecule has 16 heavy (non-hydrogen) atoms. The van der Waals surface area contributed by atoms with E-state index in [2.05, 4.69) is 31.0 Å². The minimum atomic E-state index is -0.166. The Morgan fingerprint density at radius 3 is 2.88 bits per heavy atom. The van der Waals surface area contributed by atoms with Gasteiger partial charge in [0.05, 0.1) is 0 Å². The molecule has 1 atom stereocenters. The number of anilines is 1. The van der Waals surface area contributed by atoms with Crippen LogP contribution in [0, 0.1) is 5.82 Å². The van der Waals surface area contributed by atoms with Gasteiger partial charge in [-0.15, -0.1) is 0 Å². The number of nitrogens with one attached hydrogen (secondary N) is 1. The highest BCUT2D eigenvalue weighted by molar-refractivity contribution is 5.48. The molecule has 2 nitrogen and oxygen atoms in total. The van der Waals surface area contributed by atoms with Crippen molar-refractivity contribution in [1.82, 2.24) is 5.32 Å². The topological polar surface area (TPSA) is 15.3 Å². The summed E-state index contributed by atoms with van der Waals surface area (Å²) in [5.41, 5.74) is 1.06. The van der Waals surface area contributed by atoms with Crippen LogP contribution in [0.1, 0.15) is 20.8 Å². The summed E-state index contributed by atoms with van der Waals surface area (Å²) in [6, 6.07) is 7.24. The van der Waals surface area contributed by atoms with Gasteiger partial charge in [0.2, 0.25) is 0 Å². The van der Waals surface area contributed by atoms with E-state index in [1.165, 1.54) is 6.07 Å². The number of hydrogen-bond acceptors (Lipinski definition) is 2. The highest BCUT2D eigenvalue weighted by Gasteiger charge is 2.30. The Morgan fingerprint density at radius 2 is 2.19 bits per heavy atom. The second kappa shape index (κ2) is 4.06. The molecule has 1 aromatic carbocycles. The van der Waals surface area contributed by atoms with Crippen molar-refractivity contribution in [2.45, 2.75) is 32.4 Å². The molecule has 1 unspecified atom stereocenters. The van der Waals surface area contributed by atoms with Gasteiger partial charge in [0.15, 0.2) is 0 Å². The van der Waals surface area contributed by atoms with Gasteiger partial charge in [-0.3, -0.25) is 0 Å². The fourth-order valence-electron chi connectivity index (χ4n) is 2.17. The van der Waals surface area contributed by atoms with E-state index in [9.17, 15) is 4.39 Å². The first-order chi connectivity index (χ1) is 7.48. The van der Waals surface area contributed by atoms with Crippen LogP contribution in [0.5, 0.6) is 0 Å². The van der Waals surface area contributed by atoms with Gasteiger partial charge in [-0.25, -0.2) is 4.39 Å². The Kier molecular flexibility index (Phi) is 2.89. The first-order valence-electron chi connectivity index (χ1n) is 5.75. The lowest BCUT2D eigenvalue weighted by atomic mass is 9.98. The van der Waals surface area contributed by atoms with Crippen LogP contribution < -0.4 is 10.2 Å². The number of halogens is 1. The lowest BCUT2D eigenvalue weighted by Gasteiger charge is -2.44. The largest absolute Gasteiger partial charge is 0.366 e. The second-order valence-electron chi connectivity index (χ2n) is 5.22. The Morgan fingerprint density at radius 1 is 1.44 bits per heavy atom. The first kappa shape index (κ1) is 11.4. The normalized spacial score (nSPS) is 24.5. The summed E-state index contributed by atoms with van der Waals surface area (Å²) >= 11 is 0. The van der Waals surface area contributed by atoms with E-state index in [0.29, 0.717) is 6.04 Å². The molecule has 0 amide bonds. The van der Waals surface area contributed by atoms with Crippen LogP contribution in [0.15, 0.2) is 24.3 Å². The van der Waals surface area contributed by atoms with E-state index in [1.807, 2.05) is 6.07 Å². The van der Waals surface area contributed by atoms with Gasteiger partial charge in [-0.05, 0) is 39.0 Å². The molecule has 1 N–H and O–H groups in total. The maximum Gasteiger partial charge on any atom is 0.125 e. The molecular formula is C13H19FN2. The average Bonchev–Trinajstić information content (AvgIpc) is 2.22. The van der Waals surface area contributed by atoms with E-state index in [4.69, 9.17) is 0 Å². The van der Waals surface area contributed by atoms with E-state index < -0.39 is 0 Å². The lowest BCUT2D eigenvalue weighted by Crippen LogP contribution is -2.61. The minimum absolute atomic E-state index is 0.0822. The summed E-state index contributed by atoms with van der Waals surface area (Å²) in [6.45, 7) is 8.34. The van der Waals surface area contributed by atoms with Crippen LogP contribution in [-0.2, 0) is 0 Å². The van der Waals surface area contributed by atoms with Crippen LogP contribution in [0.25, 0.3) is 0 Å². The number of piperazine rings is 1. The molecule has 2 rings (SSSR count). The summed E-state index contributed by atoms with van der Waals surface area (Å²) in [6.07, 6.45) is 0. The maximum absolute atomic E-state index is 13.2. The number of benzene rings is 1.